The van der Waals surface area contributed by atoms with E-state index in [0.29, 0.717) is 37.7 Å². The Labute approximate surface area is 177 Å². The molecule has 1 atom stereocenters. The fourth-order valence-corrected chi connectivity index (χ4v) is 4.83. The maximum Gasteiger partial charge on any atom is 0.242 e. The Morgan fingerprint density at radius 1 is 1.20 bits per heavy atom. The number of nitrogens with one attached hydrogen (secondary N) is 1. The summed E-state index contributed by atoms with van der Waals surface area (Å²) >= 11 is 0. The van der Waals surface area contributed by atoms with Crippen molar-refractivity contribution in [3.8, 4) is 6.07 Å². The molecule has 0 saturated carbocycles. The van der Waals surface area contributed by atoms with E-state index in [1.807, 2.05) is 29.7 Å². The summed E-state index contributed by atoms with van der Waals surface area (Å²) in [6.45, 7) is 6.33. The molecule has 1 saturated heterocycles. The molecule has 0 bridgehead atoms. The zero-order valence-corrected chi connectivity index (χ0v) is 18.0. The summed E-state index contributed by atoms with van der Waals surface area (Å²) in [7, 11) is -3.59. The van der Waals surface area contributed by atoms with Gasteiger partial charge in [0.15, 0.2) is 0 Å². The van der Waals surface area contributed by atoms with Gasteiger partial charge >= 0.3 is 0 Å². The minimum atomic E-state index is -3.59. The van der Waals surface area contributed by atoms with Crippen LogP contribution in [0.5, 0.6) is 0 Å². The van der Waals surface area contributed by atoms with Crippen molar-refractivity contribution in [2.24, 2.45) is 0 Å². The Kier molecular flexibility index (Phi) is 6.90. The molecule has 160 valence electrons. The highest BCUT2D eigenvalue weighted by Crippen LogP contribution is 2.25. The highest BCUT2D eigenvalue weighted by atomic mass is 32.2. The molecule has 1 aromatic heterocycles. The van der Waals surface area contributed by atoms with Crippen molar-refractivity contribution in [3.05, 3.63) is 47.9 Å². The van der Waals surface area contributed by atoms with E-state index in [9.17, 15) is 18.1 Å². The normalized spacial score (nSPS) is 15.7. The first kappa shape index (κ1) is 22.0. The van der Waals surface area contributed by atoms with Crippen molar-refractivity contribution >= 4 is 21.5 Å². The molecule has 0 spiro atoms. The van der Waals surface area contributed by atoms with Crippen LogP contribution in [-0.4, -0.2) is 45.6 Å². The minimum Gasteiger partial charge on any atom is -0.367 e. The van der Waals surface area contributed by atoms with Gasteiger partial charge < -0.3 is 9.80 Å². The van der Waals surface area contributed by atoms with Crippen molar-refractivity contribution in [2.45, 2.75) is 37.6 Å². The first-order chi connectivity index (χ1) is 14.4. The van der Waals surface area contributed by atoms with Crippen LogP contribution in [0.25, 0.3) is 0 Å². The molecule has 30 heavy (non-hydrogen) atoms. The summed E-state index contributed by atoms with van der Waals surface area (Å²) < 4.78 is 41.5. The van der Waals surface area contributed by atoms with Gasteiger partial charge in [0.25, 0.3) is 0 Å². The lowest BCUT2D eigenvalue weighted by Crippen LogP contribution is -2.47. The summed E-state index contributed by atoms with van der Waals surface area (Å²) in [4.78, 5) is 8.52. The fraction of sp³-hybridized carbons (Fsp3) is 0.429. The smallest absolute Gasteiger partial charge is 0.242 e. The van der Waals surface area contributed by atoms with Gasteiger partial charge in [-0.1, -0.05) is 19.4 Å². The van der Waals surface area contributed by atoms with Gasteiger partial charge in [0.1, 0.15) is 28.2 Å². The number of anilines is 2. The number of benzene rings is 1. The van der Waals surface area contributed by atoms with Crippen molar-refractivity contribution in [3.63, 3.8) is 0 Å². The fourth-order valence-electron chi connectivity index (χ4n) is 3.61. The highest BCUT2D eigenvalue weighted by Gasteiger charge is 2.23. The van der Waals surface area contributed by atoms with Gasteiger partial charge in [0.2, 0.25) is 10.0 Å². The second kappa shape index (κ2) is 9.41. The van der Waals surface area contributed by atoms with E-state index in [-0.39, 0.29) is 16.5 Å². The average molecular weight is 432 g/mol. The van der Waals surface area contributed by atoms with Crippen molar-refractivity contribution in [1.29, 1.82) is 5.26 Å². The molecule has 1 N–H and O–H groups in total. The summed E-state index contributed by atoms with van der Waals surface area (Å²) in [5.41, 5.74) is 0.655. The van der Waals surface area contributed by atoms with Crippen LogP contribution in [-0.2, 0) is 10.0 Å². The number of pyridine rings is 1. The number of aromatic nitrogens is 1. The van der Waals surface area contributed by atoms with Crippen LogP contribution in [0.1, 0.15) is 32.3 Å². The number of sulfonamides is 1. The van der Waals surface area contributed by atoms with Gasteiger partial charge in [0.05, 0.1) is 5.69 Å². The molecular formula is C21H26FN5O2S. The molecule has 0 radical (unpaired) electrons. The number of nitriles is 1. The lowest BCUT2D eigenvalue weighted by Gasteiger charge is -2.37. The Hall–Kier alpha value is -2.70. The molecule has 1 aliphatic heterocycles. The van der Waals surface area contributed by atoms with Crippen LogP contribution >= 0.6 is 0 Å². The third-order valence-electron chi connectivity index (χ3n) is 5.16. The van der Waals surface area contributed by atoms with Crippen LogP contribution < -0.4 is 14.5 Å². The van der Waals surface area contributed by atoms with E-state index < -0.39 is 15.8 Å². The van der Waals surface area contributed by atoms with Crippen LogP contribution in [0.15, 0.2) is 41.4 Å². The molecule has 1 unspecified atom stereocenters. The molecule has 2 aromatic rings. The molecule has 0 amide bonds. The predicted octanol–water partition coefficient (Wildman–Crippen LogP) is 2.89. The second-order valence-corrected chi connectivity index (χ2v) is 9.10. The van der Waals surface area contributed by atoms with Crippen LogP contribution in [0, 0.1) is 17.1 Å². The highest BCUT2D eigenvalue weighted by molar-refractivity contribution is 7.89. The number of hydrogen-bond donors (Lipinski definition) is 1. The second-order valence-electron chi connectivity index (χ2n) is 7.38. The Balaban J connectivity index is 1.66. The van der Waals surface area contributed by atoms with E-state index >= 15 is 0 Å². The lowest BCUT2D eigenvalue weighted by molar-refractivity contribution is 0.543. The zero-order chi connectivity index (χ0) is 21.7. The molecular weight excluding hydrogens is 405 g/mol. The maximum atomic E-state index is 13.9. The van der Waals surface area contributed by atoms with Crippen molar-refractivity contribution < 1.29 is 12.8 Å². The summed E-state index contributed by atoms with van der Waals surface area (Å²) in [6, 6.07) is 9.73. The number of rotatable bonds is 7. The molecule has 1 fully saturated rings. The largest absolute Gasteiger partial charge is 0.367 e. The number of halogens is 1. The predicted molar refractivity (Wildman–Crippen MR) is 114 cm³/mol. The lowest BCUT2D eigenvalue weighted by atomic mass is 10.1. The summed E-state index contributed by atoms with van der Waals surface area (Å²) in [5, 5.41) is 9.24. The topological polar surface area (TPSA) is 89.3 Å². The van der Waals surface area contributed by atoms with Gasteiger partial charge in [-0.15, -0.1) is 0 Å². The van der Waals surface area contributed by atoms with Crippen LogP contribution in [0.4, 0.5) is 15.9 Å². The molecule has 0 aliphatic carbocycles. The van der Waals surface area contributed by atoms with Gasteiger partial charge in [0, 0.05) is 38.4 Å². The number of piperazine rings is 1. The van der Waals surface area contributed by atoms with Gasteiger partial charge in [-0.25, -0.2) is 22.5 Å². The van der Waals surface area contributed by atoms with E-state index in [4.69, 9.17) is 0 Å². The standard InChI is InChI=1S/C21H26FN5O2S/c1-3-5-16(2)25-30(28,29)17-8-9-21(24-15-17)27-12-10-26(11-13-27)20-7-4-6-19(22)18(20)14-23/h4,6-9,15-16,25H,3,5,10-13H2,1-2H3. The molecule has 1 aliphatic rings. The van der Waals surface area contributed by atoms with E-state index in [0.717, 1.165) is 12.8 Å². The average Bonchev–Trinajstić information content (AvgIpc) is 2.73. The molecule has 1 aromatic carbocycles. The molecule has 9 heteroatoms. The van der Waals surface area contributed by atoms with Gasteiger partial charge in [-0.3, -0.25) is 0 Å². The summed E-state index contributed by atoms with van der Waals surface area (Å²) in [6.07, 6.45) is 3.05. The quantitative estimate of drug-likeness (QED) is 0.725. The number of hydrogen-bond acceptors (Lipinski definition) is 6. The van der Waals surface area contributed by atoms with E-state index in [2.05, 4.69) is 9.71 Å². The van der Waals surface area contributed by atoms with E-state index in [1.165, 1.54) is 12.3 Å². The van der Waals surface area contributed by atoms with Crippen molar-refractivity contribution in [2.75, 3.05) is 36.0 Å². The Morgan fingerprint density at radius 3 is 2.50 bits per heavy atom. The molecule has 3 rings (SSSR count). The first-order valence-corrected chi connectivity index (χ1v) is 11.5. The maximum absolute atomic E-state index is 13.9. The minimum absolute atomic E-state index is 0.0587. The van der Waals surface area contributed by atoms with Crippen LogP contribution in [0.2, 0.25) is 0 Å². The summed E-state index contributed by atoms with van der Waals surface area (Å²) in [5.74, 6) is 0.174. The third kappa shape index (κ3) is 4.89. The Morgan fingerprint density at radius 2 is 1.90 bits per heavy atom. The third-order valence-corrected chi connectivity index (χ3v) is 6.73. The van der Waals surface area contributed by atoms with E-state index in [1.54, 1.807) is 24.3 Å². The number of nitrogens with zero attached hydrogens (tertiary/aromatic N) is 4. The van der Waals surface area contributed by atoms with Gasteiger partial charge in [-0.2, -0.15) is 5.26 Å². The van der Waals surface area contributed by atoms with Crippen LogP contribution in [0.3, 0.4) is 0 Å². The Bertz CT molecular complexity index is 1010. The first-order valence-electron chi connectivity index (χ1n) is 10.0. The zero-order valence-electron chi connectivity index (χ0n) is 17.2. The van der Waals surface area contributed by atoms with Gasteiger partial charge in [-0.05, 0) is 37.6 Å². The van der Waals surface area contributed by atoms with Crippen molar-refractivity contribution in [1.82, 2.24) is 9.71 Å². The SMILES string of the molecule is CCCC(C)NS(=O)(=O)c1ccc(N2CCN(c3cccc(F)c3C#N)CC2)nc1. The molecule has 2 heterocycles. The monoisotopic (exact) mass is 431 g/mol. The molecule has 7 nitrogen and oxygen atoms in total.